The van der Waals surface area contributed by atoms with Crippen molar-refractivity contribution in [3.05, 3.63) is 29.8 Å². The normalized spacial score (nSPS) is 17.0. The second-order valence-corrected chi connectivity index (χ2v) is 3.69. The van der Waals surface area contributed by atoms with Crippen LogP contribution >= 0.6 is 0 Å². The molecule has 1 heterocycles. The first-order chi connectivity index (χ1) is 7.16. The summed E-state index contributed by atoms with van der Waals surface area (Å²) in [5.74, 6) is -0.179. The van der Waals surface area contributed by atoms with Crippen LogP contribution in [0.1, 0.15) is 5.56 Å². The lowest BCUT2D eigenvalue weighted by atomic mass is 10.1. The van der Waals surface area contributed by atoms with Crippen LogP contribution < -0.4 is 5.32 Å². The molecule has 4 nitrogen and oxygen atoms in total. The van der Waals surface area contributed by atoms with Gasteiger partial charge in [-0.25, -0.2) is 0 Å². The fourth-order valence-corrected chi connectivity index (χ4v) is 1.51. The smallest absolute Gasteiger partial charge is 0.158 e. The van der Waals surface area contributed by atoms with Crippen LogP contribution in [-0.2, 0) is 0 Å². The second-order valence-electron chi connectivity index (χ2n) is 3.69. The van der Waals surface area contributed by atoms with Gasteiger partial charge in [-0.05, 0) is 31.3 Å². The molecule has 80 valence electrons. The van der Waals surface area contributed by atoms with Crippen LogP contribution in [0.2, 0.25) is 0 Å². The first kappa shape index (κ1) is 9.86. The number of aromatic hydroxyl groups is 2. The van der Waals surface area contributed by atoms with Gasteiger partial charge >= 0.3 is 0 Å². The Morgan fingerprint density at radius 3 is 2.67 bits per heavy atom. The van der Waals surface area contributed by atoms with Crippen molar-refractivity contribution in [2.75, 3.05) is 20.3 Å². The topological polar surface area (TPSA) is 55.7 Å². The Labute approximate surface area is 88.5 Å². The Morgan fingerprint density at radius 2 is 2.07 bits per heavy atom. The second kappa shape index (κ2) is 3.82. The maximum Gasteiger partial charge on any atom is 0.158 e. The summed E-state index contributed by atoms with van der Waals surface area (Å²) in [6.07, 6.45) is 2.05. The lowest BCUT2D eigenvalue weighted by molar-refractivity contribution is 0.348. The number of phenolic OH excluding ortho intramolecular Hbond substituents is 2. The summed E-state index contributed by atoms with van der Waals surface area (Å²) >= 11 is 0. The third kappa shape index (κ3) is 2.05. The Kier molecular flexibility index (Phi) is 2.51. The summed E-state index contributed by atoms with van der Waals surface area (Å²) in [7, 11) is 2.02. The summed E-state index contributed by atoms with van der Waals surface area (Å²) in [5.41, 5.74) is 1.88. The van der Waals surface area contributed by atoms with Gasteiger partial charge in [0, 0.05) is 17.8 Å². The van der Waals surface area contributed by atoms with Gasteiger partial charge in [-0.1, -0.05) is 0 Å². The molecule has 0 bridgehead atoms. The van der Waals surface area contributed by atoms with Crippen LogP contribution in [-0.4, -0.2) is 35.4 Å². The zero-order chi connectivity index (χ0) is 10.8. The molecule has 0 radical (unpaired) electrons. The van der Waals surface area contributed by atoms with E-state index < -0.39 is 0 Å². The van der Waals surface area contributed by atoms with E-state index in [-0.39, 0.29) is 11.5 Å². The van der Waals surface area contributed by atoms with Crippen LogP contribution in [0.5, 0.6) is 11.5 Å². The molecule has 1 aromatic carbocycles. The average Bonchev–Trinajstić information content (AvgIpc) is 2.23. The van der Waals surface area contributed by atoms with E-state index in [2.05, 4.69) is 16.3 Å². The number of hydrogen-bond acceptors (Lipinski definition) is 4. The molecule has 0 saturated carbocycles. The standard InChI is InChI=1S/C11H14N2O2/c1-13-5-4-9(12-7-13)8-2-3-10(14)11(15)6-8/h2-4,6,12,14-15H,5,7H2,1H3. The summed E-state index contributed by atoms with van der Waals surface area (Å²) in [5, 5.41) is 21.8. The van der Waals surface area contributed by atoms with Crippen LogP contribution in [0.25, 0.3) is 5.70 Å². The Bertz CT molecular complexity index is 402. The van der Waals surface area contributed by atoms with Gasteiger partial charge in [0.2, 0.25) is 0 Å². The maximum absolute atomic E-state index is 9.37. The van der Waals surface area contributed by atoms with Crippen LogP contribution in [0.3, 0.4) is 0 Å². The molecule has 0 amide bonds. The van der Waals surface area contributed by atoms with Gasteiger partial charge in [-0.15, -0.1) is 0 Å². The minimum absolute atomic E-state index is 0.0888. The van der Waals surface area contributed by atoms with E-state index in [1.54, 1.807) is 12.1 Å². The van der Waals surface area contributed by atoms with E-state index in [0.29, 0.717) is 0 Å². The van der Waals surface area contributed by atoms with Gasteiger partial charge in [0.05, 0.1) is 6.67 Å². The van der Waals surface area contributed by atoms with E-state index in [1.165, 1.54) is 6.07 Å². The van der Waals surface area contributed by atoms with Gasteiger partial charge in [-0.3, -0.25) is 4.90 Å². The first-order valence-corrected chi connectivity index (χ1v) is 4.82. The number of nitrogens with zero attached hydrogens (tertiary/aromatic N) is 1. The largest absolute Gasteiger partial charge is 0.504 e. The van der Waals surface area contributed by atoms with Crippen molar-refractivity contribution in [2.24, 2.45) is 0 Å². The number of benzene rings is 1. The molecule has 0 unspecified atom stereocenters. The van der Waals surface area contributed by atoms with E-state index in [4.69, 9.17) is 0 Å². The molecule has 0 spiro atoms. The fourth-order valence-electron chi connectivity index (χ4n) is 1.51. The molecular weight excluding hydrogens is 192 g/mol. The lowest BCUT2D eigenvalue weighted by Gasteiger charge is -2.24. The van der Waals surface area contributed by atoms with E-state index in [1.807, 2.05) is 7.05 Å². The molecule has 2 rings (SSSR count). The molecule has 1 aliphatic heterocycles. The summed E-state index contributed by atoms with van der Waals surface area (Å²) < 4.78 is 0. The predicted octanol–water partition coefficient (Wildman–Crippen LogP) is 0.931. The molecule has 0 fully saturated rings. The zero-order valence-electron chi connectivity index (χ0n) is 8.57. The Morgan fingerprint density at radius 1 is 1.27 bits per heavy atom. The minimum Gasteiger partial charge on any atom is -0.504 e. The molecule has 1 aromatic rings. The molecule has 4 heteroatoms. The van der Waals surface area contributed by atoms with Crippen molar-refractivity contribution in [3.8, 4) is 11.5 Å². The van der Waals surface area contributed by atoms with Crippen molar-refractivity contribution in [1.29, 1.82) is 0 Å². The van der Waals surface area contributed by atoms with Gasteiger partial charge in [-0.2, -0.15) is 0 Å². The molecule has 3 N–H and O–H groups in total. The first-order valence-electron chi connectivity index (χ1n) is 4.82. The monoisotopic (exact) mass is 206 g/mol. The van der Waals surface area contributed by atoms with Gasteiger partial charge in [0.25, 0.3) is 0 Å². The predicted molar refractivity (Wildman–Crippen MR) is 58.4 cm³/mol. The average molecular weight is 206 g/mol. The van der Waals surface area contributed by atoms with Crippen LogP contribution in [0.4, 0.5) is 0 Å². The summed E-state index contributed by atoms with van der Waals surface area (Å²) in [6.45, 7) is 1.66. The fraction of sp³-hybridized carbons (Fsp3) is 0.273. The van der Waals surface area contributed by atoms with Crippen LogP contribution in [0.15, 0.2) is 24.3 Å². The number of phenols is 2. The van der Waals surface area contributed by atoms with E-state index in [0.717, 1.165) is 24.5 Å². The Balaban J connectivity index is 2.26. The molecule has 0 atom stereocenters. The molecule has 15 heavy (non-hydrogen) atoms. The SMILES string of the molecule is CN1CC=C(c2ccc(O)c(O)c2)NC1. The highest BCUT2D eigenvalue weighted by atomic mass is 16.3. The Hall–Kier alpha value is -1.68. The maximum atomic E-state index is 9.37. The van der Waals surface area contributed by atoms with Crippen molar-refractivity contribution >= 4 is 5.70 Å². The zero-order valence-corrected chi connectivity index (χ0v) is 8.57. The molecule has 1 aliphatic rings. The molecular formula is C11H14N2O2. The number of rotatable bonds is 1. The number of nitrogens with one attached hydrogen (secondary N) is 1. The molecule has 0 aliphatic carbocycles. The van der Waals surface area contributed by atoms with Crippen molar-refractivity contribution in [2.45, 2.75) is 0 Å². The van der Waals surface area contributed by atoms with Gasteiger partial charge in [0.1, 0.15) is 0 Å². The summed E-state index contributed by atoms with van der Waals surface area (Å²) in [4.78, 5) is 2.13. The third-order valence-electron chi connectivity index (χ3n) is 2.43. The van der Waals surface area contributed by atoms with Crippen molar-refractivity contribution < 1.29 is 10.2 Å². The highest BCUT2D eigenvalue weighted by Crippen LogP contribution is 2.27. The quantitative estimate of drug-likeness (QED) is 0.598. The lowest BCUT2D eigenvalue weighted by Crippen LogP contribution is -2.34. The van der Waals surface area contributed by atoms with E-state index in [9.17, 15) is 10.2 Å². The molecule has 0 aromatic heterocycles. The van der Waals surface area contributed by atoms with Crippen molar-refractivity contribution in [3.63, 3.8) is 0 Å². The van der Waals surface area contributed by atoms with E-state index >= 15 is 0 Å². The number of hydrogen-bond donors (Lipinski definition) is 3. The number of likely N-dealkylation sites (N-methyl/N-ethyl adjacent to an activating group) is 1. The minimum atomic E-state index is -0.0905. The third-order valence-corrected chi connectivity index (χ3v) is 2.43. The summed E-state index contributed by atoms with van der Waals surface area (Å²) in [6, 6.07) is 4.82. The van der Waals surface area contributed by atoms with Crippen LogP contribution in [0, 0.1) is 0 Å². The van der Waals surface area contributed by atoms with Crippen molar-refractivity contribution in [1.82, 2.24) is 10.2 Å². The highest BCUT2D eigenvalue weighted by Gasteiger charge is 2.09. The molecule has 0 saturated heterocycles. The highest BCUT2D eigenvalue weighted by molar-refractivity contribution is 5.67. The van der Waals surface area contributed by atoms with Gasteiger partial charge in [0.15, 0.2) is 11.5 Å². The van der Waals surface area contributed by atoms with Gasteiger partial charge < -0.3 is 15.5 Å².